The van der Waals surface area contributed by atoms with Crippen LogP contribution in [0.4, 0.5) is 5.13 Å². The highest BCUT2D eigenvalue weighted by Gasteiger charge is 2.22. The van der Waals surface area contributed by atoms with E-state index < -0.39 is 0 Å². The van der Waals surface area contributed by atoms with Gasteiger partial charge in [0.1, 0.15) is 0 Å². The molecule has 0 atom stereocenters. The fourth-order valence-corrected chi connectivity index (χ4v) is 3.27. The van der Waals surface area contributed by atoms with Gasteiger partial charge in [-0.3, -0.25) is 14.4 Å². The monoisotopic (exact) mass is 305 g/mol. The predicted octanol–water partition coefficient (Wildman–Crippen LogP) is 1.69. The van der Waals surface area contributed by atoms with Crippen molar-refractivity contribution in [1.29, 1.82) is 0 Å². The lowest BCUT2D eigenvalue weighted by Crippen LogP contribution is -2.38. The number of aromatic nitrogens is 3. The number of hydrogen-bond donors (Lipinski definition) is 1. The first-order valence-corrected chi connectivity index (χ1v) is 7.99. The third-order valence-corrected chi connectivity index (χ3v) is 4.52. The molecule has 6 nitrogen and oxygen atoms in total. The Balaban J connectivity index is 1.46. The largest absolute Gasteiger partial charge is 0.301 e. The van der Waals surface area contributed by atoms with Crippen LogP contribution in [-0.2, 0) is 11.8 Å². The third kappa shape index (κ3) is 3.68. The zero-order valence-corrected chi connectivity index (χ0v) is 12.8. The maximum Gasteiger partial charge on any atom is 0.240 e. The van der Waals surface area contributed by atoms with Crippen molar-refractivity contribution in [3.8, 4) is 0 Å². The highest BCUT2D eigenvalue weighted by atomic mass is 32.1. The highest BCUT2D eigenvalue weighted by Crippen LogP contribution is 2.27. The van der Waals surface area contributed by atoms with E-state index in [1.165, 1.54) is 16.9 Å². The SMILES string of the molecule is Cn1cc(C2CCN(CC(=O)Nc3nccs3)CC2)cn1. The van der Waals surface area contributed by atoms with Crippen molar-refractivity contribution < 1.29 is 4.79 Å². The first-order chi connectivity index (χ1) is 10.2. The Morgan fingerprint density at radius 3 is 2.90 bits per heavy atom. The minimum absolute atomic E-state index is 0.0183. The Bertz CT molecular complexity index is 586. The van der Waals surface area contributed by atoms with Crippen molar-refractivity contribution in [1.82, 2.24) is 19.7 Å². The molecule has 1 fully saturated rings. The molecule has 3 rings (SSSR count). The molecule has 0 saturated carbocycles. The van der Waals surface area contributed by atoms with E-state index in [0.717, 1.165) is 25.9 Å². The van der Waals surface area contributed by atoms with Crippen LogP contribution in [0.25, 0.3) is 0 Å². The van der Waals surface area contributed by atoms with Crippen LogP contribution in [0.2, 0.25) is 0 Å². The molecule has 0 aliphatic carbocycles. The highest BCUT2D eigenvalue weighted by molar-refractivity contribution is 7.13. The molecule has 112 valence electrons. The summed E-state index contributed by atoms with van der Waals surface area (Å²) in [5, 5.41) is 9.59. The van der Waals surface area contributed by atoms with Crippen LogP contribution >= 0.6 is 11.3 Å². The summed E-state index contributed by atoms with van der Waals surface area (Å²) < 4.78 is 1.85. The van der Waals surface area contributed by atoms with Gasteiger partial charge in [0, 0.05) is 24.8 Å². The number of nitrogens with zero attached hydrogens (tertiary/aromatic N) is 4. The van der Waals surface area contributed by atoms with Gasteiger partial charge in [0.15, 0.2) is 5.13 Å². The minimum Gasteiger partial charge on any atom is -0.301 e. The van der Waals surface area contributed by atoms with Crippen molar-refractivity contribution in [3.05, 3.63) is 29.5 Å². The molecule has 2 aromatic heterocycles. The smallest absolute Gasteiger partial charge is 0.240 e. The van der Waals surface area contributed by atoms with E-state index >= 15 is 0 Å². The third-order valence-electron chi connectivity index (χ3n) is 3.83. The van der Waals surface area contributed by atoms with Gasteiger partial charge in [-0.05, 0) is 37.4 Å². The molecule has 7 heteroatoms. The number of hydrogen-bond acceptors (Lipinski definition) is 5. The molecule has 1 saturated heterocycles. The van der Waals surface area contributed by atoms with Crippen molar-refractivity contribution in [2.24, 2.45) is 7.05 Å². The Kier molecular flexibility index (Phi) is 4.31. The van der Waals surface area contributed by atoms with E-state index in [-0.39, 0.29) is 5.91 Å². The van der Waals surface area contributed by atoms with Gasteiger partial charge in [0.25, 0.3) is 0 Å². The van der Waals surface area contributed by atoms with E-state index in [1.54, 1.807) is 6.20 Å². The number of nitrogens with one attached hydrogen (secondary N) is 1. The average Bonchev–Trinajstić information content (AvgIpc) is 3.11. The average molecular weight is 305 g/mol. The van der Waals surface area contributed by atoms with Crippen LogP contribution in [0, 0.1) is 0 Å². The normalized spacial score (nSPS) is 17.0. The number of likely N-dealkylation sites (tertiary alicyclic amines) is 1. The topological polar surface area (TPSA) is 63.1 Å². The number of aryl methyl sites for hydroxylation is 1. The Hall–Kier alpha value is -1.73. The van der Waals surface area contributed by atoms with Crippen molar-refractivity contribution >= 4 is 22.4 Å². The second-order valence-electron chi connectivity index (χ2n) is 5.38. The second-order valence-corrected chi connectivity index (χ2v) is 6.28. The molecule has 1 aliphatic rings. The molecule has 1 amide bonds. The first kappa shape index (κ1) is 14.2. The van der Waals surface area contributed by atoms with E-state index in [2.05, 4.69) is 26.5 Å². The van der Waals surface area contributed by atoms with E-state index in [4.69, 9.17) is 0 Å². The number of piperidine rings is 1. The van der Waals surface area contributed by atoms with Gasteiger partial charge in [-0.15, -0.1) is 11.3 Å². The number of amides is 1. The number of carbonyl (C=O) groups excluding carboxylic acids is 1. The summed E-state index contributed by atoms with van der Waals surface area (Å²) in [6.45, 7) is 2.34. The molecular weight excluding hydrogens is 286 g/mol. The van der Waals surface area contributed by atoms with Gasteiger partial charge in [0.2, 0.25) is 5.91 Å². The van der Waals surface area contributed by atoms with E-state index in [0.29, 0.717) is 17.6 Å². The van der Waals surface area contributed by atoms with E-state index in [1.807, 2.05) is 23.3 Å². The lowest BCUT2D eigenvalue weighted by atomic mass is 9.91. The fourth-order valence-electron chi connectivity index (χ4n) is 2.72. The predicted molar refractivity (Wildman–Crippen MR) is 82.4 cm³/mol. The Labute approximate surface area is 127 Å². The lowest BCUT2D eigenvalue weighted by Gasteiger charge is -2.30. The molecule has 0 spiro atoms. The van der Waals surface area contributed by atoms with E-state index in [9.17, 15) is 4.79 Å². The second kappa shape index (κ2) is 6.36. The number of rotatable bonds is 4. The summed E-state index contributed by atoms with van der Waals surface area (Å²) in [5.41, 5.74) is 1.31. The molecular formula is C14H19N5OS. The maximum absolute atomic E-state index is 11.9. The summed E-state index contributed by atoms with van der Waals surface area (Å²) in [7, 11) is 1.95. The fraction of sp³-hybridized carbons (Fsp3) is 0.500. The molecule has 21 heavy (non-hydrogen) atoms. The van der Waals surface area contributed by atoms with Crippen LogP contribution in [0.1, 0.15) is 24.3 Å². The number of thiazole rings is 1. The maximum atomic E-state index is 11.9. The molecule has 0 radical (unpaired) electrons. The van der Waals surface area contributed by atoms with Crippen LogP contribution < -0.4 is 5.32 Å². The molecule has 1 N–H and O–H groups in total. The first-order valence-electron chi connectivity index (χ1n) is 7.11. The quantitative estimate of drug-likeness (QED) is 0.934. The zero-order chi connectivity index (χ0) is 14.7. The summed E-state index contributed by atoms with van der Waals surface area (Å²) in [4.78, 5) is 18.2. The summed E-state index contributed by atoms with van der Waals surface area (Å²) in [5.74, 6) is 0.585. The van der Waals surface area contributed by atoms with Gasteiger partial charge in [-0.25, -0.2) is 4.98 Å². The molecule has 0 unspecified atom stereocenters. The Morgan fingerprint density at radius 1 is 1.48 bits per heavy atom. The lowest BCUT2D eigenvalue weighted by molar-refractivity contribution is -0.117. The van der Waals surface area contributed by atoms with Gasteiger partial charge in [-0.1, -0.05) is 0 Å². The van der Waals surface area contributed by atoms with Crippen molar-refractivity contribution in [2.45, 2.75) is 18.8 Å². The van der Waals surface area contributed by atoms with Crippen molar-refractivity contribution in [3.63, 3.8) is 0 Å². The molecule has 0 bridgehead atoms. The summed E-state index contributed by atoms with van der Waals surface area (Å²) in [6.07, 6.45) is 7.90. The van der Waals surface area contributed by atoms with Crippen LogP contribution in [0.3, 0.4) is 0 Å². The molecule has 1 aliphatic heterocycles. The zero-order valence-electron chi connectivity index (χ0n) is 12.0. The van der Waals surface area contributed by atoms with Crippen LogP contribution in [-0.4, -0.2) is 45.2 Å². The minimum atomic E-state index is 0.0183. The van der Waals surface area contributed by atoms with Gasteiger partial charge < -0.3 is 5.32 Å². The standard InChI is InChI=1S/C14H19N5OS/c1-18-9-12(8-16-18)11-2-5-19(6-3-11)10-13(20)17-14-15-4-7-21-14/h4,7-9,11H,2-3,5-6,10H2,1H3,(H,15,17,20). The summed E-state index contributed by atoms with van der Waals surface area (Å²) >= 11 is 1.44. The summed E-state index contributed by atoms with van der Waals surface area (Å²) in [6, 6.07) is 0. The van der Waals surface area contributed by atoms with Gasteiger partial charge in [0.05, 0.1) is 12.7 Å². The van der Waals surface area contributed by atoms with Gasteiger partial charge >= 0.3 is 0 Å². The van der Waals surface area contributed by atoms with Crippen LogP contribution in [0.15, 0.2) is 24.0 Å². The van der Waals surface area contributed by atoms with Crippen molar-refractivity contribution in [2.75, 3.05) is 25.0 Å². The number of anilines is 1. The number of carbonyl (C=O) groups is 1. The van der Waals surface area contributed by atoms with Gasteiger partial charge in [-0.2, -0.15) is 5.10 Å². The molecule has 0 aromatic carbocycles. The Morgan fingerprint density at radius 2 is 2.29 bits per heavy atom. The molecule has 3 heterocycles. The molecule has 2 aromatic rings. The van der Waals surface area contributed by atoms with Crippen LogP contribution in [0.5, 0.6) is 0 Å².